The van der Waals surface area contributed by atoms with Crippen molar-refractivity contribution in [3.05, 3.63) is 53.9 Å². The second-order valence-electron chi connectivity index (χ2n) is 4.92. The van der Waals surface area contributed by atoms with E-state index in [1.54, 1.807) is 7.11 Å². The molecule has 0 amide bonds. The third kappa shape index (κ3) is 2.38. The Balaban J connectivity index is 2.34. The number of aromatic nitrogens is 2. The van der Waals surface area contributed by atoms with Crippen LogP contribution in [-0.2, 0) is 6.42 Å². The molecule has 0 aliphatic carbocycles. The summed E-state index contributed by atoms with van der Waals surface area (Å²) in [6.45, 7) is 2.10. The Hall–Kier alpha value is -2.00. The number of benzene rings is 2. The molecule has 0 radical (unpaired) electrons. The zero-order valence-electron chi connectivity index (χ0n) is 12.1. The monoisotopic (exact) mass is 300 g/mol. The molecule has 4 heteroatoms. The molecule has 0 bridgehead atoms. The van der Waals surface area contributed by atoms with Gasteiger partial charge in [0.1, 0.15) is 17.1 Å². The Kier molecular flexibility index (Phi) is 3.84. The van der Waals surface area contributed by atoms with E-state index in [4.69, 9.17) is 21.3 Å². The lowest BCUT2D eigenvalue weighted by atomic mass is 10.2. The fraction of sp³-hybridized carbons (Fsp3) is 0.235. The lowest BCUT2D eigenvalue weighted by Crippen LogP contribution is -2.03. The molecule has 108 valence electrons. The van der Waals surface area contributed by atoms with Gasteiger partial charge in [-0.3, -0.25) is 4.57 Å². The van der Waals surface area contributed by atoms with Crippen LogP contribution in [0, 0.1) is 6.92 Å². The molecule has 0 fully saturated rings. The molecule has 21 heavy (non-hydrogen) atoms. The quantitative estimate of drug-likeness (QED) is 0.678. The van der Waals surface area contributed by atoms with Crippen molar-refractivity contribution in [1.82, 2.24) is 9.55 Å². The number of nitrogens with zero attached hydrogens (tertiary/aromatic N) is 2. The summed E-state index contributed by atoms with van der Waals surface area (Å²) in [5.41, 5.74) is 4.26. The van der Waals surface area contributed by atoms with Crippen molar-refractivity contribution in [2.45, 2.75) is 13.3 Å². The number of ether oxygens (including phenoxy) is 1. The van der Waals surface area contributed by atoms with Gasteiger partial charge in [-0.1, -0.05) is 24.3 Å². The first-order chi connectivity index (χ1) is 10.3. The van der Waals surface area contributed by atoms with E-state index in [9.17, 15) is 0 Å². The van der Waals surface area contributed by atoms with E-state index in [1.807, 2.05) is 24.3 Å². The third-order valence-electron chi connectivity index (χ3n) is 3.61. The van der Waals surface area contributed by atoms with Crippen LogP contribution in [0.4, 0.5) is 0 Å². The summed E-state index contributed by atoms with van der Waals surface area (Å²) in [4.78, 5) is 4.74. The maximum Gasteiger partial charge on any atom is 0.146 e. The number of imidazole rings is 1. The molecule has 1 heterocycles. The van der Waals surface area contributed by atoms with Gasteiger partial charge >= 0.3 is 0 Å². The maximum absolute atomic E-state index is 5.95. The number of para-hydroxylation sites is 2. The van der Waals surface area contributed by atoms with Crippen molar-refractivity contribution in [2.75, 3.05) is 13.0 Å². The van der Waals surface area contributed by atoms with Crippen LogP contribution in [0.3, 0.4) is 0 Å². The number of rotatable bonds is 4. The zero-order chi connectivity index (χ0) is 14.8. The predicted octanol–water partition coefficient (Wildman–Crippen LogP) is 4.12. The average molecular weight is 301 g/mol. The van der Waals surface area contributed by atoms with E-state index < -0.39 is 0 Å². The van der Waals surface area contributed by atoms with Gasteiger partial charge in [0.05, 0.1) is 18.3 Å². The van der Waals surface area contributed by atoms with E-state index in [0.29, 0.717) is 12.3 Å². The van der Waals surface area contributed by atoms with Crippen LogP contribution in [0.5, 0.6) is 5.75 Å². The molecule has 3 nitrogen and oxygen atoms in total. The third-order valence-corrected chi connectivity index (χ3v) is 3.80. The highest BCUT2D eigenvalue weighted by molar-refractivity contribution is 6.18. The SMILES string of the molecule is COc1cccc2c1nc(CCCl)n2-c1ccccc1C. The zero-order valence-corrected chi connectivity index (χ0v) is 12.9. The first kappa shape index (κ1) is 14.0. The Labute approximate surface area is 129 Å². The van der Waals surface area contributed by atoms with E-state index in [1.165, 1.54) is 5.56 Å². The molecule has 0 spiro atoms. The molecule has 3 aromatic rings. The Morgan fingerprint density at radius 2 is 1.95 bits per heavy atom. The molecule has 0 N–H and O–H groups in total. The summed E-state index contributed by atoms with van der Waals surface area (Å²) in [6, 6.07) is 14.3. The summed E-state index contributed by atoms with van der Waals surface area (Å²) in [7, 11) is 1.67. The van der Waals surface area contributed by atoms with Crippen LogP contribution < -0.4 is 4.74 Å². The molecular formula is C17H17ClN2O. The van der Waals surface area contributed by atoms with E-state index in [0.717, 1.165) is 28.3 Å². The number of hydrogen-bond acceptors (Lipinski definition) is 2. The maximum atomic E-state index is 5.95. The van der Waals surface area contributed by atoms with Gasteiger partial charge in [0.25, 0.3) is 0 Å². The number of halogens is 1. The van der Waals surface area contributed by atoms with Crippen molar-refractivity contribution >= 4 is 22.6 Å². The van der Waals surface area contributed by atoms with Gasteiger partial charge in [-0.15, -0.1) is 11.6 Å². The van der Waals surface area contributed by atoms with Crippen LogP contribution in [0.2, 0.25) is 0 Å². The van der Waals surface area contributed by atoms with Gasteiger partial charge in [0.2, 0.25) is 0 Å². The average Bonchev–Trinajstić information content (AvgIpc) is 2.86. The smallest absolute Gasteiger partial charge is 0.146 e. The van der Waals surface area contributed by atoms with Gasteiger partial charge in [-0.2, -0.15) is 0 Å². The molecule has 1 aromatic heterocycles. The van der Waals surface area contributed by atoms with Gasteiger partial charge < -0.3 is 4.74 Å². The van der Waals surface area contributed by atoms with Gasteiger partial charge in [0, 0.05) is 12.3 Å². The number of alkyl halides is 1. The fourth-order valence-corrected chi connectivity index (χ4v) is 2.79. The summed E-state index contributed by atoms with van der Waals surface area (Å²) < 4.78 is 7.61. The Bertz CT molecular complexity index is 780. The van der Waals surface area contributed by atoms with E-state index in [-0.39, 0.29) is 0 Å². The number of methoxy groups -OCH3 is 1. The first-order valence-corrected chi connectivity index (χ1v) is 7.46. The second-order valence-corrected chi connectivity index (χ2v) is 5.29. The molecule has 0 saturated heterocycles. The highest BCUT2D eigenvalue weighted by atomic mass is 35.5. The fourth-order valence-electron chi connectivity index (χ4n) is 2.62. The number of hydrogen-bond donors (Lipinski definition) is 0. The molecule has 0 unspecified atom stereocenters. The van der Waals surface area contributed by atoms with Gasteiger partial charge in [-0.05, 0) is 30.7 Å². The highest BCUT2D eigenvalue weighted by Crippen LogP contribution is 2.29. The predicted molar refractivity (Wildman–Crippen MR) is 86.8 cm³/mol. The summed E-state index contributed by atoms with van der Waals surface area (Å²) >= 11 is 5.95. The first-order valence-electron chi connectivity index (χ1n) is 6.92. The summed E-state index contributed by atoms with van der Waals surface area (Å²) in [5, 5.41) is 0. The standard InChI is InChI=1S/C17H17ClN2O/c1-12-6-3-4-7-13(12)20-14-8-5-9-15(21-2)17(14)19-16(20)10-11-18/h3-9H,10-11H2,1-2H3. The normalized spacial score (nSPS) is 11.0. The minimum Gasteiger partial charge on any atom is -0.494 e. The van der Waals surface area contributed by atoms with Crippen LogP contribution in [0.25, 0.3) is 16.7 Å². The molecule has 0 aliphatic heterocycles. The highest BCUT2D eigenvalue weighted by Gasteiger charge is 2.15. The summed E-state index contributed by atoms with van der Waals surface area (Å²) in [5.74, 6) is 2.28. The lowest BCUT2D eigenvalue weighted by molar-refractivity contribution is 0.419. The number of aryl methyl sites for hydroxylation is 2. The molecule has 0 atom stereocenters. The van der Waals surface area contributed by atoms with Crippen molar-refractivity contribution < 1.29 is 4.74 Å². The molecule has 0 saturated carbocycles. The number of fused-ring (bicyclic) bond motifs is 1. The minimum absolute atomic E-state index is 0.539. The van der Waals surface area contributed by atoms with Gasteiger partial charge in [0.15, 0.2) is 0 Å². The van der Waals surface area contributed by atoms with Crippen LogP contribution in [0.1, 0.15) is 11.4 Å². The van der Waals surface area contributed by atoms with Crippen LogP contribution >= 0.6 is 11.6 Å². The Morgan fingerprint density at radius 1 is 1.14 bits per heavy atom. The van der Waals surface area contributed by atoms with Crippen LogP contribution in [0.15, 0.2) is 42.5 Å². The molecule has 3 rings (SSSR count). The van der Waals surface area contributed by atoms with Crippen molar-refractivity contribution in [1.29, 1.82) is 0 Å². The van der Waals surface area contributed by atoms with Crippen molar-refractivity contribution in [3.8, 4) is 11.4 Å². The summed E-state index contributed by atoms with van der Waals surface area (Å²) in [6.07, 6.45) is 0.716. The molecular weight excluding hydrogens is 284 g/mol. The van der Waals surface area contributed by atoms with E-state index in [2.05, 4.69) is 29.7 Å². The van der Waals surface area contributed by atoms with Crippen molar-refractivity contribution in [3.63, 3.8) is 0 Å². The van der Waals surface area contributed by atoms with E-state index >= 15 is 0 Å². The Morgan fingerprint density at radius 3 is 2.67 bits per heavy atom. The van der Waals surface area contributed by atoms with Gasteiger partial charge in [-0.25, -0.2) is 4.98 Å². The second kappa shape index (κ2) is 5.78. The van der Waals surface area contributed by atoms with Crippen molar-refractivity contribution in [2.24, 2.45) is 0 Å². The minimum atomic E-state index is 0.539. The van der Waals surface area contributed by atoms with Crippen LogP contribution in [-0.4, -0.2) is 22.5 Å². The molecule has 2 aromatic carbocycles. The lowest BCUT2D eigenvalue weighted by Gasteiger charge is -2.11. The topological polar surface area (TPSA) is 27.1 Å². The largest absolute Gasteiger partial charge is 0.494 e. The molecule has 0 aliphatic rings.